The molecular formula is C17H22N4O2. The first-order valence-corrected chi connectivity index (χ1v) is 7.60. The summed E-state index contributed by atoms with van der Waals surface area (Å²) in [6.45, 7) is 6.04. The van der Waals surface area contributed by atoms with Crippen LogP contribution in [0, 0.1) is 6.92 Å². The summed E-state index contributed by atoms with van der Waals surface area (Å²) < 4.78 is 4.81. The molecule has 0 amide bonds. The van der Waals surface area contributed by atoms with Gasteiger partial charge in [0.25, 0.3) is 0 Å². The summed E-state index contributed by atoms with van der Waals surface area (Å²) >= 11 is 0. The molecule has 6 nitrogen and oxygen atoms in total. The van der Waals surface area contributed by atoms with Gasteiger partial charge in [0.1, 0.15) is 17.5 Å². The minimum Gasteiger partial charge on any atom is -0.465 e. The molecule has 1 atom stereocenters. The summed E-state index contributed by atoms with van der Waals surface area (Å²) in [5.41, 5.74) is 1.11. The van der Waals surface area contributed by atoms with E-state index in [4.69, 9.17) is 4.74 Å². The van der Waals surface area contributed by atoms with E-state index in [1.54, 1.807) is 12.1 Å². The molecule has 2 aromatic rings. The van der Waals surface area contributed by atoms with Crippen molar-refractivity contribution in [3.8, 4) is 0 Å². The zero-order valence-electron chi connectivity index (χ0n) is 13.9. The smallest absolute Gasteiger partial charge is 0.339 e. The van der Waals surface area contributed by atoms with Crippen LogP contribution in [0.5, 0.6) is 0 Å². The van der Waals surface area contributed by atoms with Crippen LogP contribution in [0.1, 0.15) is 36.5 Å². The third-order valence-corrected chi connectivity index (χ3v) is 3.44. The lowest BCUT2D eigenvalue weighted by Gasteiger charge is -2.15. The second-order valence-electron chi connectivity index (χ2n) is 5.30. The van der Waals surface area contributed by atoms with Crippen LogP contribution < -0.4 is 10.6 Å². The Morgan fingerprint density at radius 3 is 2.65 bits per heavy atom. The molecule has 0 fully saturated rings. The second kappa shape index (κ2) is 7.58. The van der Waals surface area contributed by atoms with Gasteiger partial charge in [-0.3, -0.25) is 0 Å². The molecule has 0 saturated carbocycles. The van der Waals surface area contributed by atoms with Gasteiger partial charge < -0.3 is 15.4 Å². The molecule has 2 rings (SSSR count). The Labute approximate surface area is 136 Å². The van der Waals surface area contributed by atoms with E-state index in [0.29, 0.717) is 28.9 Å². The van der Waals surface area contributed by atoms with E-state index < -0.39 is 5.97 Å². The van der Waals surface area contributed by atoms with Gasteiger partial charge in [0.2, 0.25) is 0 Å². The van der Waals surface area contributed by atoms with Gasteiger partial charge in [-0.05, 0) is 32.4 Å². The van der Waals surface area contributed by atoms with Crippen molar-refractivity contribution in [2.75, 3.05) is 17.7 Å². The molecule has 1 aromatic heterocycles. The van der Waals surface area contributed by atoms with Crippen molar-refractivity contribution < 1.29 is 9.53 Å². The van der Waals surface area contributed by atoms with Crippen molar-refractivity contribution in [2.24, 2.45) is 0 Å². The number of anilines is 3. The maximum absolute atomic E-state index is 11.8. The number of methoxy groups -OCH3 is 1. The standard InChI is InChI=1S/C17H22N4O2/c1-5-11(2)18-15-10-16(20-12(3)19-15)21-14-9-7-6-8-13(14)17(22)23-4/h6-11H,5H2,1-4H3,(H2,18,19,20,21). The van der Waals surface area contributed by atoms with Crippen molar-refractivity contribution in [3.05, 3.63) is 41.7 Å². The van der Waals surface area contributed by atoms with E-state index in [1.807, 2.05) is 25.1 Å². The van der Waals surface area contributed by atoms with E-state index in [0.717, 1.165) is 12.2 Å². The predicted octanol–water partition coefficient (Wildman–Crippen LogP) is 3.53. The van der Waals surface area contributed by atoms with Gasteiger partial charge >= 0.3 is 5.97 Å². The quantitative estimate of drug-likeness (QED) is 0.794. The van der Waals surface area contributed by atoms with E-state index in [9.17, 15) is 4.79 Å². The Hall–Kier alpha value is -2.63. The Bertz CT molecular complexity index is 688. The molecular weight excluding hydrogens is 292 g/mol. The molecule has 6 heteroatoms. The zero-order valence-corrected chi connectivity index (χ0v) is 13.9. The van der Waals surface area contributed by atoms with Gasteiger partial charge in [-0.25, -0.2) is 14.8 Å². The van der Waals surface area contributed by atoms with Crippen LogP contribution in [0.25, 0.3) is 0 Å². The average Bonchev–Trinajstić information content (AvgIpc) is 2.54. The maximum Gasteiger partial charge on any atom is 0.339 e. The molecule has 1 heterocycles. The molecule has 2 N–H and O–H groups in total. The van der Waals surface area contributed by atoms with Gasteiger partial charge in [0.15, 0.2) is 0 Å². The zero-order chi connectivity index (χ0) is 16.8. The fraction of sp³-hybridized carbons (Fsp3) is 0.353. The summed E-state index contributed by atoms with van der Waals surface area (Å²) in [6.07, 6.45) is 0.997. The lowest BCUT2D eigenvalue weighted by Crippen LogP contribution is -2.15. The number of nitrogens with zero attached hydrogens (tertiary/aromatic N) is 2. The first-order valence-electron chi connectivity index (χ1n) is 7.60. The summed E-state index contributed by atoms with van der Waals surface area (Å²) in [5.74, 6) is 1.64. The summed E-state index contributed by atoms with van der Waals surface area (Å²) in [4.78, 5) is 20.6. The number of esters is 1. The fourth-order valence-electron chi connectivity index (χ4n) is 2.08. The molecule has 0 radical (unpaired) electrons. The van der Waals surface area contributed by atoms with Gasteiger partial charge in [0, 0.05) is 12.1 Å². The molecule has 0 spiro atoms. The molecule has 122 valence electrons. The molecule has 23 heavy (non-hydrogen) atoms. The lowest BCUT2D eigenvalue weighted by molar-refractivity contribution is 0.0602. The number of rotatable bonds is 6. The van der Waals surface area contributed by atoms with Gasteiger partial charge in [0.05, 0.1) is 18.4 Å². The normalized spacial score (nSPS) is 11.7. The highest BCUT2D eigenvalue weighted by Gasteiger charge is 2.12. The number of hydrogen-bond donors (Lipinski definition) is 2. The van der Waals surface area contributed by atoms with E-state index in [2.05, 4.69) is 34.4 Å². The van der Waals surface area contributed by atoms with Crippen LogP contribution in [0.3, 0.4) is 0 Å². The molecule has 0 saturated heterocycles. The monoisotopic (exact) mass is 314 g/mol. The third kappa shape index (κ3) is 4.42. The van der Waals surface area contributed by atoms with Crippen molar-refractivity contribution in [1.29, 1.82) is 0 Å². The number of carbonyl (C=O) groups excluding carboxylic acids is 1. The molecule has 0 bridgehead atoms. The minimum absolute atomic E-state index is 0.319. The number of aromatic nitrogens is 2. The fourth-order valence-corrected chi connectivity index (χ4v) is 2.08. The highest BCUT2D eigenvalue weighted by Crippen LogP contribution is 2.22. The van der Waals surface area contributed by atoms with Crippen LogP contribution in [-0.4, -0.2) is 29.1 Å². The van der Waals surface area contributed by atoms with Crippen molar-refractivity contribution in [2.45, 2.75) is 33.2 Å². The number of benzene rings is 1. The average molecular weight is 314 g/mol. The Balaban J connectivity index is 2.28. The van der Waals surface area contributed by atoms with Gasteiger partial charge in [-0.15, -0.1) is 0 Å². The molecule has 1 aromatic carbocycles. The molecule has 1 unspecified atom stereocenters. The Morgan fingerprint density at radius 1 is 1.26 bits per heavy atom. The maximum atomic E-state index is 11.8. The van der Waals surface area contributed by atoms with Crippen molar-refractivity contribution in [3.63, 3.8) is 0 Å². The Morgan fingerprint density at radius 2 is 1.96 bits per heavy atom. The predicted molar refractivity (Wildman–Crippen MR) is 91.2 cm³/mol. The van der Waals surface area contributed by atoms with Gasteiger partial charge in [-0.1, -0.05) is 19.1 Å². The van der Waals surface area contributed by atoms with Crippen LogP contribution in [0.4, 0.5) is 17.3 Å². The van der Waals surface area contributed by atoms with Crippen molar-refractivity contribution in [1.82, 2.24) is 9.97 Å². The first-order chi connectivity index (χ1) is 11.0. The SMILES string of the molecule is CCC(C)Nc1cc(Nc2ccccc2C(=O)OC)nc(C)n1. The summed E-state index contributed by atoms with van der Waals surface area (Å²) in [5, 5.41) is 6.49. The van der Waals surface area contributed by atoms with E-state index >= 15 is 0 Å². The highest BCUT2D eigenvalue weighted by atomic mass is 16.5. The lowest BCUT2D eigenvalue weighted by atomic mass is 10.2. The number of hydrogen-bond acceptors (Lipinski definition) is 6. The number of ether oxygens (including phenoxy) is 1. The minimum atomic E-state index is -0.392. The summed E-state index contributed by atoms with van der Waals surface area (Å²) in [7, 11) is 1.36. The van der Waals surface area contributed by atoms with Crippen LogP contribution in [0.15, 0.2) is 30.3 Å². The number of carbonyl (C=O) groups is 1. The molecule has 0 aliphatic rings. The second-order valence-corrected chi connectivity index (χ2v) is 5.30. The first kappa shape index (κ1) is 16.7. The number of aryl methyl sites for hydroxylation is 1. The molecule has 0 aliphatic heterocycles. The van der Waals surface area contributed by atoms with E-state index in [-0.39, 0.29) is 0 Å². The highest BCUT2D eigenvalue weighted by molar-refractivity contribution is 5.96. The van der Waals surface area contributed by atoms with Crippen molar-refractivity contribution >= 4 is 23.3 Å². The molecule has 0 aliphatic carbocycles. The Kier molecular flexibility index (Phi) is 5.51. The van der Waals surface area contributed by atoms with E-state index in [1.165, 1.54) is 7.11 Å². The topological polar surface area (TPSA) is 76.1 Å². The van der Waals surface area contributed by atoms with Gasteiger partial charge in [-0.2, -0.15) is 0 Å². The number of nitrogens with one attached hydrogen (secondary N) is 2. The third-order valence-electron chi connectivity index (χ3n) is 3.44. The van der Waals surface area contributed by atoms with Crippen LogP contribution >= 0.6 is 0 Å². The van der Waals surface area contributed by atoms with Crippen LogP contribution in [0.2, 0.25) is 0 Å². The van der Waals surface area contributed by atoms with Crippen LogP contribution in [-0.2, 0) is 4.74 Å². The number of para-hydroxylation sites is 1. The summed E-state index contributed by atoms with van der Waals surface area (Å²) in [6, 6.07) is 9.30. The largest absolute Gasteiger partial charge is 0.465 e.